The van der Waals surface area contributed by atoms with Crippen LogP contribution in [0.15, 0.2) is 18.2 Å². The van der Waals surface area contributed by atoms with Crippen molar-refractivity contribution in [2.45, 2.75) is 25.0 Å². The molecule has 5 nitrogen and oxygen atoms in total. The molecule has 3 rings (SSSR count). The first-order chi connectivity index (χ1) is 9.25. The van der Waals surface area contributed by atoms with Crippen molar-refractivity contribution in [3.63, 3.8) is 0 Å². The number of rotatable bonds is 4. The van der Waals surface area contributed by atoms with Gasteiger partial charge in [0.1, 0.15) is 0 Å². The zero-order chi connectivity index (χ0) is 13.1. The van der Waals surface area contributed by atoms with Gasteiger partial charge in [-0.05, 0) is 43.6 Å². The fourth-order valence-corrected chi connectivity index (χ4v) is 2.56. The second kappa shape index (κ2) is 5.36. The fraction of sp³-hybridized carbons (Fsp3) is 0.571. The SMILES string of the molecule is OC1(CNCc2ccc3c(c2)OCO3)CCNCC1. The van der Waals surface area contributed by atoms with Gasteiger partial charge in [0.15, 0.2) is 11.5 Å². The van der Waals surface area contributed by atoms with Crippen LogP contribution in [-0.4, -0.2) is 37.1 Å². The maximum atomic E-state index is 10.4. The number of hydrogen-bond donors (Lipinski definition) is 3. The van der Waals surface area contributed by atoms with E-state index in [1.165, 1.54) is 0 Å². The highest BCUT2D eigenvalue weighted by Gasteiger charge is 2.28. The van der Waals surface area contributed by atoms with Crippen molar-refractivity contribution in [3.8, 4) is 11.5 Å². The van der Waals surface area contributed by atoms with Crippen LogP contribution in [0.2, 0.25) is 0 Å². The van der Waals surface area contributed by atoms with Gasteiger partial charge < -0.3 is 25.2 Å². The molecule has 3 N–H and O–H groups in total. The largest absolute Gasteiger partial charge is 0.454 e. The number of piperidine rings is 1. The van der Waals surface area contributed by atoms with Gasteiger partial charge in [0.25, 0.3) is 0 Å². The van der Waals surface area contributed by atoms with Crippen LogP contribution in [0.5, 0.6) is 11.5 Å². The molecule has 5 heteroatoms. The van der Waals surface area contributed by atoms with E-state index in [4.69, 9.17) is 9.47 Å². The van der Waals surface area contributed by atoms with Gasteiger partial charge in [-0.15, -0.1) is 0 Å². The predicted molar refractivity (Wildman–Crippen MR) is 71.3 cm³/mol. The molecule has 1 saturated heterocycles. The normalized spacial score (nSPS) is 20.5. The summed E-state index contributed by atoms with van der Waals surface area (Å²) in [5, 5.41) is 16.9. The van der Waals surface area contributed by atoms with Crippen molar-refractivity contribution in [1.82, 2.24) is 10.6 Å². The molecule has 0 bridgehead atoms. The van der Waals surface area contributed by atoms with E-state index < -0.39 is 5.60 Å². The Morgan fingerprint density at radius 3 is 2.84 bits per heavy atom. The zero-order valence-electron chi connectivity index (χ0n) is 10.9. The molecule has 104 valence electrons. The van der Waals surface area contributed by atoms with Crippen LogP contribution >= 0.6 is 0 Å². The van der Waals surface area contributed by atoms with Crippen molar-refractivity contribution in [3.05, 3.63) is 23.8 Å². The number of aliphatic hydroxyl groups is 1. The lowest BCUT2D eigenvalue weighted by Gasteiger charge is -2.32. The van der Waals surface area contributed by atoms with E-state index in [2.05, 4.69) is 10.6 Å². The molecular weight excluding hydrogens is 244 g/mol. The summed E-state index contributed by atoms with van der Waals surface area (Å²) < 4.78 is 10.6. The van der Waals surface area contributed by atoms with E-state index in [1.54, 1.807) is 0 Å². The van der Waals surface area contributed by atoms with Crippen LogP contribution in [-0.2, 0) is 6.54 Å². The molecule has 0 aliphatic carbocycles. The van der Waals surface area contributed by atoms with Gasteiger partial charge in [-0.25, -0.2) is 0 Å². The Morgan fingerprint density at radius 2 is 2.00 bits per heavy atom. The lowest BCUT2D eigenvalue weighted by atomic mass is 9.92. The van der Waals surface area contributed by atoms with Crippen LogP contribution < -0.4 is 20.1 Å². The Hall–Kier alpha value is -1.30. The fourth-order valence-electron chi connectivity index (χ4n) is 2.56. The van der Waals surface area contributed by atoms with Gasteiger partial charge in [-0.2, -0.15) is 0 Å². The van der Waals surface area contributed by atoms with Crippen molar-refractivity contribution in [1.29, 1.82) is 0 Å². The van der Waals surface area contributed by atoms with Gasteiger partial charge in [-0.1, -0.05) is 6.07 Å². The second-order valence-electron chi connectivity index (χ2n) is 5.27. The molecule has 0 unspecified atom stereocenters. The summed E-state index contributed by atoms with van der Waals surface area (Å²) in [5.41, 5.74) is 0.573. The third-order valence-corrected chi connectivity index (χ3v) is 3.75. The van der Waals surface area contributed by atoms with Crippen LogP contribution in [0.1, 0.15) is 18.4 Å². The molecule has 0 spiro atoms. The molecule has 0 saturated carbocycles. The zero-order valence-corrected chi connectivity index (χ0v) is 10.9. The van der Waals surface area contributed by atoms with Gasteiger partial charge in [0.2, 0.25) is 6.79 Å². The first kappa shape index (κ1) is 12.7. The topological polar surface area (TPSA) is 62.8 Å². The highest BCUT2D eigenvalue weighted by atomic mass is 16.7. The van der Waals surface area contributed by atoms with E-state index in [1.807, 2.05) is 18.2 Å². The second-order valence-corrected chi connectivity index (χ2v) is 5.27. The molecule has 2 aliphatic heterocycles. The van der Waals surface area contributed by atoms with Crippen LogP contribution in [0, 0.1) is 0 Å². The van der Waals surface area contributed by atoms with E-state index >= 15 is 0 Å². The quantitative estimate of drug-likeness (QED) is 0.744. The highest BCUT2D eigenvalue weighted by molar-refractivity contribution is 5.44. The van der Waals surface area contributed by atoms with Crippen LogP contribution in [0.4, 0.5) is 0 Å². The average Bonchev–Trinajstić information content (AvgIpc) is 2.87. The third-order valence-electron chi connectivity index (χ3n) is 3.75. The predicted octanol–water partition coefficient (Wildman–Crippen LogP) is 0.619. The van der Waals surface area contributed by atoms with E-state index in [9.17, 15) is 5.11 Å². The van der Waals surface area contributed by atoms with Crippen LogP contribution in [0.25, 0.3) is 0 Å². The molecule has 0 radical (unpaired) electrons. The van der Waals surface area contributed by atoms with Crippen molar-refractivity contribution < 1.29 is 14.6 Å². The molecule has 1 aromatic carbocycles. The van der Waals surface area contributed by atoms with Gasteiger partial charge in [0, 0.05) is 13.1 Å². The maximum absolute atomic E-state index is 10.4. The van der Waals surface area contributed by atoms with Gasteiger partial charge in [0.05, 0.1) is 5.60 Å². The third kappa shape index (κ3) is 3.00. The molecule has 2 aliphatic rings. The Labute approximate surface area is 112 Å². The lowest BCUT2D eigenvalue weighted by molar-refractivity contribution is 0.0109. The molecule has 0 amide bonds. The summed E-state index contributed by atoms with van der Waals surface area (Å²) in [5.74, 6) is 1.61. The Bertz CT molecular complexity index is 444. The first-order valence-corrected chi connectivity index (χ1v) is 6.78. The summed E-state index contributed by atoms with van der Waals surface area (Å²) in [6.45, 7) is 3.44. The monoisotopic (exact) mass is 264 g/mol. The standard InChI is InChI=1S/C14H20N2O3/c17-14(3-5-15-6-4-14)9-16-8-11-1-2-12-13(7-11)19-10-18-12/h1-2,7,15-17H,3-6,8-10H2. The average molecular weight is 264 g/mol. The number of ether oxygens (including phenoxy) is 2. The Balaban J connectivity index is 1.52. The number of hydrogen-bond acceptors (Lipinski definition) is 5. The number of fused-ring (bicyclic) bond motifs is 1. The summed E-state index contributed by atoms with van der Waals surface area (Å²) in [7, 11) is 0. The minimum atomic E-state index is -0.568. The molecule has 2 heterocycles. The molecule has 0 atom stereocenters. The van der Waals surface area contributed by atoms with Crippen molar-refractivity contribution in [2.24, 2.45) is 0 Å². The smallest absolute Gasteiger partial charge is 0.231 e. The molecule has 1 aromatic rings. The molecule has 1 fully saturated rings. The molecular formula is C14H20N2O3. The summed E-state index contributed by atoms with van der Waals surface area (Å²) in [4.78, 5) is 0. The number of nitrogens with one attached hydrogen (secondary N) is 2. The summed E-state index contributed by atoms with van der Waals surface area (Å²) in [6, 6.07) is 5.94. The minimum absolute atomic E-state index is 0.305. The van der Waals surface area contributed by atoms with Gasteiger partial charge >= 0.3 is 0 Å². The Morgan fingerprint density at radius 1 is 1.21 bits per heavy atom. The summed E-state index contributed by atoms with van der Waals surface area (Å²) in [6.07, 6.45) is 1.61. The van der Waals surface area contributed by atoms with Crippen molar-refractivity contribution in [2.75, 3.05) is 26.4 Å². The number of benzene rings is 1. The van der Waals surface area contributed by atoms with E-state index in [-0.39, 0.29) is 0 Å². The molecule has 19 heavy (non-hydrogen) atoms. The molecule has 0 aromatic heterocycles. The van der Waals surface area contributed by atoms with Crippen molar-refractivity contribution >= 4 is 0 Å². The minimum Gasteiger partial charge on any atom is -0.454 e. The van der Waals surface area contributed by atoms with E-state index in [0.717, 1.165) is 49.5 Å². The van der Waals surface area contributed by atoms with E-state index in [0.29, 0.717) is 13.3 Å². The Kier molecular flexibility index (Phi) is 3.59. The first-order valence-electron chi connectivity index (χ1n) is 6.78. The van der Waals surface area contributed by atoms with Crippen LogP contribution in [0.3, 0.4) is 0 Å². The highest BCUT2D eigenvalue weighted by Crippen LogP contribution is 2.32. The summed E-state index contributed by atoms with van der Waals surface area (Å²) >= 11 is 0. The maximum Gasteiger partial charge on any atom is 0.231 e. The lowest BCUT2D eigenvalue weighted by Crippen LogP contribution is -2.48. The van der Waals surface area contributed by atoms with Gasteiger partial charge in [-0.3, -0.25) is 0 Å².